The lowest BCUT2D eigenvalue weighted by atomic mass is 10.2. The van der Waals surface area contributed by atoms with Crippen LogP contribution in [0.2, 0.25) is 0 Å². The minimum Gasteiger partial charge on any atom is -0.496 e. The molecule has 0 N–H and O–H groups in total. The molecular weight excluding hydrogens is 391 g/mol. The quantitative estimate of drug-likeness (QED) is 0.551. The summed E-state index contributed by atoms with van der Waals surface area (Å²) in [6.45, 7) is 2.17. The predicted molar refractivity (Wildman–Crippen MR) is 111 cm³/mol. The second-order valence-corrected chi connectivity index (χ2v) is 7.96. The third-order valence-corrected chi connectivity index (χ3v) is 5.62. The van der Waals surface area contributed by atoms with Crippen LogP contribution in [0.15, 0.2) is 53.7 Å². The number of amides is 1. The topological polar surface area (TPSA) is 60.3 Å². The molecule has 1 aromatic heterocycles. The third kappa shape index (κ3) is 4.76. The number of aromatic nitrogens is 3. The molecule has 1 heterocycles. The van der Waals surface area contributed by atoms with E-state index in [9.17, 15) is 9.18 Å². The van der Waals surface area contributed by atoms with Crippen molar-refractivity contribution in [3.63, 3.8) is 0 Å². The fourth-order valence-corrected chi connectivity index (χ4v) is 3.92. The van der Waals surface area contributed by atoms with Crippen LogP contribution in [0.1, 0.15) is 12.5 Å². The maximum atomic E-state index is 13.4. The first kappa shape index (κ1) is 20.9. The second kappa shape index (κ2) is 9.09. The van der Waals surface area contributed by atoms with Gasteiger partial charge in [-0.05, 0) is 36.8 Å². The monoisotopic (exact) mass is 414 g/mol. The molecule has 6 nitrogen and oxygen atoms in total. The molecule has 0 aliphatic carbocycles. The van der Waals surface area contributed by atoms with Gasteiger partial charge in [0.2, 0.25) is 5.91 Å². The molecule has 3 aromatic rings. The number of hydrogen-bond acceptors (Lipinski definition) is 5. The van der Waals surface area contributed by atoms with Gasteiger partial charge < -0.3 is 14.2 Å². The maximum Gasteiger partial charge on any atom is 0.235 e. The highest BCUT2D eigenvalue weighted by Crippen LogP contribution is 2.31. The number of rotatable bonds is 7. The first-order valence-electron chi connectivity index (χ1n) is 9.09. The Morgan fingerprint density at radius 1 is 1.24 bits per heavy atom. The number of carbonyl (C=O) groups is 1. The molecule has 0 radical (unpaired) electrons. The molecule has 0 fully saturated rings. The van der Waals surface area contributed by atoms with E-state index < -0.39 is 0 Å². The first-order valence-corrected chi connectivity index (χ1v) is 9.97. The normalized spacial score (nSPS) is 11.9. The van der Waals surface area contributed by atoms with Crippen LogP contribution in [0.3, 0.4) is 0 Å². The lowest BCUT2D eigenvalue weighted by molar-refractivity contribution is -0.129. The summed E-state index contributed by atoms with van der Waals surface area (Å²) < 4.78 is 20.6. The summed E-state index contributed by atoms with van der Waals surface area (Å²) in [7, 11) is 5.18. The number of carbonyl (C=O) groups excluding carboxylic acids is 1. The molecule has 2 aromatic carbocycles. The number of thioether (sulfide) groups is 1. The fourth-order valence-electron chi connectivity index (χ4n) is 2.99. The minimum absolute atomic E-state index is 0.0684. The zero-order valence-electron chi connectivity index (χ0n) is 16.8. The number of hydrogen-bond donors (Lipinski definition) is 0. The van der Waals surface area contributed by atoms with Gasteiger partial charge in [-0.25, -0.2) is 4.39 Å². The number of ether oxygens (including phenoxy) is 1. The van der Waals surface area contributed by atoms with Crippen LogP contribution in [0.25, 0.3) is 11.4 Å². The Kier molecular flexibility index (Phi) is 6.53. The van der Waals surface area contributed by atoms with Crippen LogP contribution in [-0.4, -0.2) is 45.0 Å². The lowest BCUT2D eigenvalue weighted by Gasteiger charge is -2.21. The predicted octanol–water partition coefficient (Wildman–Crippen LogP) is 3.77. The molecule has 0 bridgehead atoms. The third-order valence-electron chi connectivity index (χ3n) is 4.50. The molecule has 0 unspecified atom stereocenters. The maximum absolute atomic E-state index is 13.4. The molecule has 0 saturated carbocycles. The van der Waals surface area contributed by atoms with Gasteiger partial charge >= 0.3 is 0 Å². The van der Waals surface area contributed by atoms with Crippen LogP contribution < -0.4 is 4.74 Å². The van der Waals surface area contributed by atoms with Crippen LogP contribution >= 0.6 is 11.8 Å². The van der Waals surface area contributed by atoms with Crippen molar-refractivity contribution in [2.75, 3.05) is 14.2 Å². The van der Waals surface area contributed by atoms with Crippen molar-refractivity contribution in [1.82, 2.24) is 19.7 Å². The molecule has 1 amide bonds. The smallest absolute Gasteiger partial charge is 0.235 e. The van der Waals surface area contributed by atoms with Gasteiger partial charge in [0.05, 0.1) is 17.9 Å². The van der Waals surface area contributed by atoms with E-state index in [1.165, 1.54) is 23.9 Å². The van der Waals surface area contributed by atoms with Crippen molar-refractivity contribution >= 4 is 17.7 Å². The van der Waals surface area contributed by atoms with Crippen molar-refractivity contribution in [2.24, 2.45) is 7.05 Å². The van der Waals surface area contributed by atoms with E-state index in [0.29, 0.717) is 23.3 Å². The standard InChI is InChI=1S/C21H23FN4O2S/c1-14(20(27)25(2)13-15-8-7-9-16(22)12-15)29-21-24-23-19(26(21)3)17-10-5-6-11-18(17)28-4/h5-12,14H,13H2,1-4H3/t14-/m0/s1. The number of halogens is 1. The molecule has 0 spiro atoms. The van der Waals surface area contributed by atoms with Gasteiger partial charge in [0, 0.05) is 20.6 Å². The van der Waals surface area contributed by atoms with E-state index >= 15 is 0 Å². The number of methoxy groups -OCH3 is 1. The van der Waals surface area contributed by atoms with E-state index in [1.54, 1.807) is 31.2 Å². The minimum atomic E-state index is -0.373. The van der Waals surface area contributed by atoms with E-state index in [2.05, 4.69) is 10.2 Å². The molecule has 0 saturated heterocycles. The molecule has 29 heavy (non-hydrogen) atoms. The molecule has 0 aliphatic heterocycles. The average molecular weight is 415 g/mol. The Morgan fingerprint density at radius 3 is 2.72 bits per heavy atom. The summed E-state index contributed by atoms with van der Waals surface area (Å²) in [5.74, 6) is 0.992. The summed E-state index contributed by atoms with van der Waals surface area (Å²) in [4.78, 5) is 14.3. The molecular formula is C21H23FN4O2S. The molecule has 3 rings (SSSR count). The molecule has 1 atom stereocenters. The van der Waals surface area contributed by atoms with E-state index in [4.69, 9.17) is 4.74 Å². The average Bonchev–Trinajstić information content (AvgIpc) is 3.07. The van der Waals surface area contributed by atoms with Crippen LogP contribution in [0, 0.1) is 5.82 Å². The van der Waals surface area contributed by atoms with Gasteiger partial charge in [-0.1, -0.05) is 36.0 Å². The van der Waals surface area contributed by atoms with Gasteiger partial charge in [-0.2, -0.15) is 0 Å². The Morgan fingerprint density at radius 2 is 2.00 bits per heavy atom. The molecule has 152 valence electrons. The zero-order chi connectivity index (χ0) is 21.0. The summed E-state index contributed by atoms with van der Waals surface area (Å²) in [6, 6.07) is 13.8. The summed E-state index contributed by atoms with van der Waals surface area (Å²) >= 11 is 1.33. The van der Waals surface area contributed by atoms with Gasteiger partial charge in [0.1, 0.15) is 11.6 Å². The Labute approximate surface area is 173 Å². The van der Waals surface area contributed by atoms with E-state index in [0.717, 1.165) is 11.1 Å². The second-order valence-electron chi connectivity index (χ2n) is 6.65. The van der Waals surface area contributed by atoms with Gasteiger partial charge in [0.25, 0.3) is 0 Å². The van der Waals surface area contributed by atoms with E-state index in [-0.39, 0.29) is 17.0 Å². The Balaban J connectivity index is 1.71. The van der Waals surface area contributed by atoms with Crippen LogP contribution in [0.4, 0.5) is 4.39 Å². The van der Waals surface area contributed by atoms with Crippen molar-refractivity contribution in [1.29, 1.82) is 0 Å². The largest absolute Gasteiger partial charge is 0.496 e. The highest BCUT2D eigenvalue weighted by molar-refractivity contribution is 8.00. The number of para-hydroxylation sites is 1. The van der Waals surface area contributed by atoms with Crippen LogP contribution in [0.5, 0.6) is 5.75 Å². The number of benzene rings is 2. The zero-order valence-corrected chi connectivity index (χ0v) is 17.6. The van der Waals surface area contributed by atoms with Crippen molar-refractivity contribution in [2.45, 2.75) is 23.9 Å². The molecule has 0 aliphatic rings. The summed E-state index contributed by atoms with van der Waals surface area (Å²) in [5, 5.41) is 8.78. The SMILES string of the molecule is COc1ccccc1-c1nnc(S[C@@H](C)C(=O)N(C)Cc2cccc(F)c2)n1C. The first-order chi connectivity index (χ1) is 13.9. The number of nitrogens with zero attached hydrogens (tertiary/aromatic N) is 4. The van der Waals surface area contributed by atoms with Crippen LogP contribution in [-0.2, 0) is 18.4 Å². The highest BCUT2D eigenvalue weighted by atomic mass is 32.2. The Hall–Kier alpha value is -2.87. The highest BCUT2D eigenvalue weighted by Gasteiger charge is 2.23. The molecule has 8 heteroatoms. The Bertz CT molecular complexity index is 1010. The van der Waals surface area contributed by atoms with Gasteiger partial charge in [0.15, 0.2) is 11.0 Å². The van der Waals surface area contributed by atoms with Crippen molar-refractivity contribution < 1.29 is 13.9 Å². The van der Waals surface area contributed by atoms with Crippen molar-refractivity contribution in [3.8, 4) is 17.1 Å². The summed E-state index contributed by atoms with van der Waals surface area (Å²) in [5.41, 5.74) is 1.58. The summed E-state index contributed by atoms with van der Waals surface area (Å²) in [6.07, 6.45) is 0. The van der Waals surface area contributed by atoms with E-state index in [1.807, 2.05) is 42.8 Å². The lowest BCUT2D eigenvalue weighted by Crippen LogP contribution is -2.33. The van der Waals surface area contributed by atoms with Crippen molar-refractivity contribution in [3.05, 3.63) is 59.9 Å². The van der Waals surface area contributed by atoms with Gasteiger partial charge in [-0.3, -0.25) is 4.79 Å². The fraction of sp³-hybridized carbons (Fsp3) is 0.286. The van der Waals surface area contributed by atoms with Gasteiger partial charge in [-0.15, -0.1) is 10.2 Å².